The molecule has 4 nitrogen and oxygen atoms in total. The van der Waals surface area contributed by atoms with Gasteiger partial charge in [-0.3, -0.25) is 10.1 Å². The molecule has 1 aliphatic rings. The Hall–Kier alpha value is -1.94. The SMILES string of the molecule is CCOC(=O)C1=C[NH2+]c2ccccc2C1=O. The Balaban J connectivity index is 2.32. The third-order valence-corrected chi connectivity index (χ3v) is 2.37. The van der Waals surface area contributed by atoms with E-state index in [1.165, 1.54) is 6.20 Å². The molecule has 1 aromatic carbocycles. The molecule has 0 radical (unpaired) electrons. The van der Waals surface area contributed by atoms with Gasteiger partial charge in [-0.25, -0.2) is 4.79 Å². The number of para-hydroxylation sites is 1. The van der Waals surface area contributed by atoms with E-state index in [0.717, 1.165) is 5.69 Å². The highest BCUT2D eigenvalue weighted by Crippen LogP contribution is 2.18. The zero-order chi connectivity index (χ0) is 11.5. The van der Waals surface area contributed by atoms with E-state index in [4.69, 9.17) is 4.74 Å². The number of quaternary nitrogens is 1. The first kappa shape index (κ1) is 10.6. The minimum Gasteiger partial charge on any atom is -0.462 e. The van der Waals surface area contributed by atoms with E-state index in [0.29, 0.717) is 5.56 Å². The van der Waals surface area contributed by atoms with Crippen LogP contribution in [0.2, 0.25) is 0 Å². The monoisotopic (exact) mass is 218 g/mol. The van der Waals surface area contributed by atoms with E-state index in [1.807, 2.05) is 12.1 Å². The van der Waals surface area contributed by atoms with Crippen LogP contribution in [0.5, 0.6) is 0 Å². The molecule has 0 aromatic heterocycles. The van der Waals surface area contributed by atoms with Crippen LogP contribution in [0.3, 0.4) is 0 Å². The number of hydrogen-bond acceptors (Lipinski definition) is 3. The summed E-state index contributed by atoms with van der Waals surface area (Å²) < 4.78 is 4.82. The van der Waals surface area contributed by atoms with Crippen LogP contribution in [0, 0.1) is 0 Å². The number of nitrogens with two attached hydrogens (primary N) is 1. The fraction of sp³-hybridized carbons (Fsp3) is 0.167. The van der Waals surface area contributed by atoms with Gasteiger partial charge in [-0.1, -0.05) is 12.1 Å². The maximum atomic E-state index is 11.9. The number of esters is 1. The number of hydrogen-bond donors (Lipinski definition) is 1. The second kappa shape index (κ2) is 4.28. The summed E-state index contributed by atoms with van der Waals surface area (Å²) in [7, 11) is 0. The van der Waals surface area contributed by atoms with Crippen LogP contribution in [0.1, 0.15) is 17.3 Å². The van der Waals surface area contributed by atoms with Crippen molar-refractivity contribution in [1.82, 2.24) is 0 Å². The minimum atomic E-state index is -0.557. The Kier molecular flexibility index (Phi) is 2.83. The second-order valence-electron chi connectivity index (χ2n) is 3.38. The molecular weight excluding hydrogens is 206 g/mol. The van der Waals surface area contributed by atoms with Crippen molar-refractivity contribution >= 4 is 17.4 Å². The van der Waals surface area contributed by atoms with Crippen LogP contribution in [0.15, 0.2) is 36.0 Å². The van der Waals surface area contributed by atoms with Crippen molar-refractivity contribution in [2.24, 2.45) is 0 Å². The highest BCUT2D eigenvalue weighted by atomic mass is 16.5. The molecule has 0 bridgehead atoms. The zero-order valence-electron chi connectivity index (χ0n) is 8.90. The summed E-state index contributed by atoms with van der Waals surface area (Å²) in [5, 5.41) is 1.75. The average Bonchev–Trinajstić information content (AvgIpc) is 2.30. The summed E-state index contributed by atoms with van der Waals surface area (Å²) in [5.74, 6) is -0.824. The molecule has 0 amide bonds. The molecule has 1 heterocycles. The number of carbonyl (C=O) groups is 2. The molecular formula is C12H12NO3+. The lowest BCUT2D eigenvalue weighted by Crippen LogP contribution is -2.73. The summed E-state index contributed by atoms with van der Waals surface area (Å²) in [6.45, 7) is 1.98. The molecule has 0 unspecified atom stereocenters. The van der Waals surface area contributed by atoms with Crippen molar-refractivity contribution in [2.45, 2.75) is 6.92 Å². The van der Waals surface area contributed by atoms with Crippen LogP contribution in [0.25, 0.3) is 0 Å². The van der Waals surface area contributed by atoms with Gasteiger partial charge < -0.3 is 4.74 Å². The molecule has 1 aromatic rings. The summed E-state index contributed by atoms with van der Waals surface area (Å²) >= 11 is 0. The van der Waals surface area contributed by atoms with Crippen molar-refractivity contribution in [1.29, 1.82) is 0 Å². The second-order valence-corrected chi connectivity index (χ2v) is 3.38. The molecule has 0 atom stereocenters. The molecule has 0 aliphatic carbocycles. The van der Waals surface area contributed by atoms with Crippen LogP contribution in [-0.2, 0) is 9.53 Å². The number of Topliss-reactive ketones (excluding diaryl/α,β-unsaturated/α-hetero) is 1. The Bertz CT molecular complexity index is 477. The van der Waals surface area contributed by atoms with Gasteiger partial charge >= 0.3 is 5.97 Å². The molecule has 16 heavy (non-hydrogen) atoms. The summed E-state index contributed by atoms with van der Waals surface area (Å²) in [6.07, 6.45) is 1.52. The fourth-order valence-electron chi connectivity index (χ4n) is 1.61. The fourth-order valence-corrected chi connectivity index (χ4v) is 1.61. The number of carbonyl (C=O) groups excluding carboxylic acids is 2. The topological polar surface area (TPSA) is 60.0 Å². The van der Waals surface area contributed by atoms with E-state index >= 15 is 0 Å². The van der Waals surface area contributed by atoms with Gasteiger partial charge in [-0.2, -0.15) is 0 Å². The van der Waals surface area contributed by atoms with Gasteiger partial charge in [0.1, 0.15) is 11.9 Å². The van der Waals surface area contributed by atoms with E-state index in [2.05, 4.69) is 0 Å². The molecule has 0 saturated heterocycles. The summed E-state index contributed by atoms with van der Waals surface area (Å²) in [6, 6.07) is 7.18. The van der Waals surface area contributed by atoms with Crippen molar-refractivity contribution < 1.29 is 19.6 Å². The number of rotatable bonds is 2. The summed E-state index contributed by atoms with van der Waals surface area (Å²) in [5.41, 5.74) is 1.48. The number of ether oxygens (including phenoxy) is 1. The highest BCUT2D eigenvalue weighted by Gasteiger charge is 2.29. The van der Waals surface area contributed by atoms with Gasteiger partial charge in [0.2, 0.25) is 5.78 Å². The maximum absolute atomic E-state index is 11.9. The normalized spacial score (nSPS) is 14.1. The Labute approximate surface area is 92.9 Å². The molecule has 2 N–H and O–H groups in total. The average molecular weight is 218 g/mol. The first-order chi connectivity index (χ1) is 7.74. The van der Waals surface area contributed by atoms with Gasteiger partial charge in [0.25, 0.3) is 0 Å². The number of ketones is 1. The predicted molar refractivity (Wildman–Crippen MR) is 57.1 cm³/mol. The third kappa shape index (κ3) is 1.75. The van der Waals surface area contributed by atoms with E-state index in [1.54, 1.807) is 24.4 Å². The molecule has 0 spiro atoms. The lowest BCUT2D eigenvalue weighted by atomic mass is 9.99. The molecule has 2 rings (SSSR count). The van der Waals surface area contributed by atoms with Crippen LogP contribution in [-0.4, -0.2) is 18.4 Å². The van der Waals surface area contributed by atoms with Gasteiger partial charge in [0, 0.05) is 6.07 Å². The largest absolute Gasteiger partial charge is 0.462 e. The minimum absolute atomic E-state index is 0.0977. The smallest absolute Gasteiger partial charge is 0.347 e. The van der Waals surface area contributed by atoms with E-state index in [9.17, 15) is 9.59 Å². The molecule has 82 valence electrons. The van der Waals surface area contributed by atoms with Crippen molar-refractivity contribution in [3.8, 4) is 0 Å². The number of benzene rings is 1. The summed E-state index contributed by atoms with van der Waals surface area (Å²) in [4.78, 5) is 23.4. The van der Waals surface area contributed by atoms with E-state index in [-0.39, 0.29) is 18.0 Å². The Morgan fingerprint density at radius 3 is 2.88 bits per heavy atom. The van der Waals surface area contributed by atoms with Crippen molar-refractivity contribution in [3.05, 3.63) is 41.6 Å². The van der Waals surface area contributed by atoms with Crippen LogP contribution < -0.4 is 5.32 Å². The molecule has 0 fully saturated rings. The number of fused-ring (bicyclic) bond motifs is 1. The van der Waals surface area contributed by atoms with Gasteiger partial charge in [-0.05, 0) is 13.0 Å². The lowest BCUT2D eigenvalue weighted by molar-refractivity contribution is -0.498. The molecule has 1 aliphatic heterocycles. The third-order valence-electron chi connectivity index (χ3n) is 2.37. The lowest BCUT2D eigenvalue weighted by Gasteiger charge is -2.11. The standard InChI is InChI=1S/C12H11NO3/c1-2-16-12(15)9-7-13-10-6-4-3-5-8(10)11(9)14/h3-7H,2H2,1H3,(H,13,14)/p+1. The zero-order valence-corrected chi connectivity index (χ0v) is 8.90. The predicted octanol–water partition coefficient (Wildman–Crippen LogP) is 0.525. The van der Waals surface area contributed by atoms with Crippen molar-refractivity contribution in [2.75, 3.05) is 6.61 Å². The van der Waals surface area contributed by atoms with E-state index < -0.39 is 5.97 Å². The quantitative estimate of drug-likeness (QED) is 0.447. The Morgan fingerprint density at radius 2 is 2.12 bits per heavy atom. The van der Waals surface area contributed by atoms with Gasteiger partial charge in [-0.15, -0.1) is 0 Å². The van der Waals surface area contributed by atoms with Crippen LogP contribution in [0.4, 0.5) is 5.69 Å². The highest BCUT2D eigenvalue weighted by molar-refractivity contribution is 6.25. The van der Waals surface area contributed by atoms with Gasteiger partial charge in [0.05, 0.1) is 12.2 Å². The van der Waals surface area contributed by atoms with Crippen molar-refractivity contribution in [3.63, 3.8) is 0 Å². The molecule has 4 heteroatoms. The first-order valence-corrected chi connectivity index (χ1v) is 5.10. The molecule has 0 saturated carbocycles. The maximum Gasteiger partial charge on any atom is 0.347 e. The van der Waals surface area contributed by atoms with Crippen LogP contribution >= 0.6 is 0 Å². The Morgan fingerprint density at radius 1 is 1.38 bits per heavy atom. The van der Waals surface area contributed by atoms with Gasteiger partial charge in [0.15, 0.2) is 5.57 Å². The first-order valence-electron chi connectivity index (χ1n) is 5.10.